The van der Waals surface area contributed by atoms with Gasteiger partial charge in [-0.3, -0.25) is 4.79 Å². The maximum atomic E-state index is 12.0. The van der Waals surface area contributed by atoms with Crippen LogP contribution in [0, 0.1) is 5.92 Å². The number of thiocarbonyl (C=S) groups is 1. The lowest BCUT2D eigenvalue weighted by molar-refractivity contribution is -0.134. The van der Waals surface area contributed by atoms with Crippen molar-refractivity contribution in [3.63, 3.8) is 0 Å². The molecular weight excluding hydrogens is 212 g/mol. The van der Waals surface area contributed by atoms with Crippen molar-refractivity contribution < 1.29 is 9.90 Å². The number of rotatable bonds is 4. The van der Waals surface area contributed by atoms with Gasteiger partial charge in [0.15, 0.2) is 0 Å². The first-order valence-corrected chi connectivity index (χ1v) is 5.73. The van der Waals surface area contributed by atoms with Gasteiger partial charge in [0.05, 0.1) is 23.6 Å². The Kier molecular flexibility index (Phi) is 4.47. The molecule has 3 N–H and O–H groups in total. The van der Waals surface area contributed by atoms with Crippen LogP contribution < -0.4 is 5.73 Å². The maximum absolute atomic E-state index is 12.0. The first-order chi connectivity index (χ1) is 7.11. The average Bonchev–Trinajstić information content (AvgIpc) is 2.65. The Morgan fingerprint density at radius 3 is 2.87 bits per heavy atom. The smallest absolute Gasteiger partial charge is 0.232 e. The third-order valence-corrected chi connectivity index (χ3v) is 3.21. The minimum atomic E-state index is -0.368. The van der Waals surface area contributed by atoms with Crippen molar-refractivity contribution in [1.29, 1.82) is 0 Å². The highest BCUT2D eigenvalue weighted by Crippen LogP contribution is 2.20. The zero-order valence-electron chi connectivity index (χ0n) is 8.98. The molecule has 2 atom stereocenters. The Hall–Kier alpha value is -0.680. The van der Waals surface area contributed by atoms with Crippen LogP contribution in [0.1, 0.15) is 26.2 Å². The van der Waals surface area contributed by atoms with Gasteiger partial charge in [0, 0.05) is 6.54 Å². The summed E-state index contributed by atoms with van der Waals surface area (Å²) in [6.45, 7) is 2.63. The van der Waals surface area contributed by atoms with Crippen LogP contribution in [-0.4, -0.2) is 40.1 Å². The number of aliphatic hydroxyl groups excluding tert-OH is 1. The van der Waals surface area contributed by atoms with E-state index in [9.17, 15) is 4.79 Å². The number of hydrogen-bond donors (Lipinski definition) is 2. The molecule has 1 saturated heterocycles. The largest absolute Gasteiger partial charge is 0.394 e. The van der Waals surface area contributed by atoms with Gasteiger partial charge in [-0.15, -0.1) is 0 Å². The third-order valence-electron chi connectivity index (χ3n) is 2.92. The summed E-state index contributed by atoms with van der Waals surface area (Å²) < 4.78 is 0. The Labute approximate surface area is 95.4 Å². The summed E-state index contributed by atoms with van der Waals surface area (Å²) in [7, 11) is 0. The van der Waals surface area contributed by atoms with Crippen LogP contribution in [0.15, 0.2) is 0 Å². The molecular formula is C10H18N2O2S. The summed E-state index contributed by atoms with van der Waals surface area (Å²) in [6, 6.07) is -0.0408. The molecule has 1 aliphatic heterocycles. The molecule has 0 spiro atoms. The Morgan fingerprint density at radius 2 is 2.40 bits per heavy atom. The molecule has 1 heterocycles. The highest BCUT2D eigenvalue weighted by molar-refractivity contribution is 7.80. The van der Waals surface area contributed by atoms with Crippen LogP contribution in [0.3, 0.4) is 0 Å². The molecule has 86 valence electrons. The van der Waals surface area contributed by atoms with Crippen molar-refractivity contribution in [2.24, 2.45) is 11.7 Å². The van der Waals surface area contributed by atoms with Gasteiger partial charge in [0.1, 0.15) is 0 Å². The second kappa shape index (κ2) is 5.42. The van der Waals surface area contributed by atoms with Gasteiger partial charge in [0.2, 0.25) is 5.91 Å². The number of carbonyl (C=O) groups is 1. The summed E-state index contributed by atoms with van der Waals surface area (Å²) in [6.07, 6.45) is 2.45. The normalized spacial score (nSPS) is 22.8. The van der Waals surface area contributed by atoms with Gasteiger partial charge in [-0.05, 0) is 19.3 Å². The summed E-state index contributed by atoms with van der Waals surface area (Å²) in [5, 5.41) is 9.12. The van der Waals surface area contributed by atoms with Crippen molar-refractivity contribution in [2.45, 2.75) is 32.2 Å². The van der Waals surface area contributed by atoms with E-state index in [4.69, 9.17) is 23.1 Å². The van der Waals surface area contributed by atoms with Crippen molar-refractivity contribution >= 4 is 23.1 Å². The summed E-state index contributed by atoms with van der Waals surface area (Å²) in [5.74, 6) is -0.395. The van der Waals surface area contributed by atoms with Gasteiger partial charge >= 0.3 is 0 Å². The Bertz CT molecular complexity index is 258. The fraction of sp³-hybridized carbons (Fsp3) is 0.800. The van der Waals surface area contributed by atoms with E-state index < -0.39 is 0 Å². The van der Waals surface area contributed by atoms with E-state index in [2.05, 4.69) is 0 Å². The Balaban J connectivity index is 2.69. The average molecular weight is 230 g/mol. The van der Waals surface area contributed by atoms with E-state index in [1.54, 1.807) is 4.90 Å². The van der Waals surface area contributed by atoms with E-state index in [0.717, 1.165) is 12.8 Å². The summed E-state index contributed by atoms with van der Waals surface area (Å²) >= 11 is 4.87. The maximum Gasteiger partial charge on any atom is 0.232 e. The molecule has 15 heavy (non-hydrogen) atoms. The highest BCUT2D eigenvalue weighted by Gasteiger charge is 2.32. The van der Waals surface area contributed by atoms with Crippen LogP contribution in [0.4, 0.5) is 0 Å². The number of nitrogens with two attached hydrogens (primary N) is 1. The fourth-order valence-corrected chi connectivity index (χ4v) is 2.28. The molecule has 1 rings (SSSR count). The lowest BCUT2D eigenvalue weighted by Crippen LogP contribution is -2.44. The van der Waals surface area contributed by atoms with Crippen molar-refractivity contribution in [3.05, 3.63) is 0 Å². The van der Waals surface area contributed by atoms with E-state index in [0.29, 0.717) is 13.0 Å². The van der Waals surface area contributed by atoms with E-state index in [-0.39, 0.29) is 29.5 Å². The molecule has 0 saturated carbocycles. The quantitative estimate of drug-likeness (QED) is 0.681. The van der Waals surface area contributed by atoms with E-state index in [1.807, 2.05) is 6.92 Å². The van der Waals surface area contributed by atoms with Crippen LogP contribution in [-0.2, 0) is 4.79 Å². The number of hydrogen-bond acceptors (Lipinski definition) is 3. The topological polar surface area (TPSA) is 66.6 Å². The predicted octanol–water partition coefficient (Wildman–Crippen LogP) is 0.282. The Morgan fingerprint density at radius 1 is 1.73 bits per heavy atom. The second-order valence-corrected chi connectivity index (χ2v) is 4.34. The molecule has 5 heteroatoms. The lowest BCUT2D eigenvalue weighted by Gasteiger charge is -2.26. The molecule has 0 aromatic heterocycles. The van der Waals surface area contributed by atoms with Gasteiger partial charge in [-0.1, -0.05) is 19.1 Å². The first kappa shape index (κ1) is 12.4. The number of amides is 1. The van der Waals surface area contributed by atoms with E-state index >= 15 is 0 Å². The standard InChI is InChI=1S/C10H18N2O2S/c1-2-8(9(11)15)10(14)12-5-3-4-7(12)6-13/h7-8,13H,2-6H2,1H3,(H2,11,15). The SMILES string of the molecule is CCC(C(=O)N1CCCC1CO)C(N)=S. The zero-order valence-corrected chi connectivity index (χ0v) is 9.80. The third kappa shape index (κ3) is 2.66. The highest BCUT2D eigenvalue weighted by atomic mass is 32.1. The van der Waals surface area contributed by atoms with Gasteiger partial charge in [-0.2, -0.15) is 0 Å². The zero-order chi connectivity index (χ0) is 11.4. The van der Waals surface area contributed by atoms with Crippen LogP contribution in [0.25, 0.3) is 0 Å². The molecule has 1 aliphatic rings. The lowest BCUT2D eigenvalue weighted by atomic mass is 10.0. The van der Waals surface area contributed by atoms with Gasteiger partial charge < -0.3 is 15.7 Å². The minimum Gasteiger partial charge on any atom is -0.394 e. The monoisotopic (exact) mass is 230 g/mol. The van der Waals surface area contributed by atoms with Crippen LogP contribution in [0.5, 0.6) is 0 Å². The summed E-state index contributed by atoms with van der Waals surface area (Å²) in [5.41, 5.74) is 5.52. The van der Waals surface area contributed by atoms with Crippen molar-refractivity contribution in [3.8, 4) is 0 Å². The van der Waals surface area contributed by atoms with Crippen molar-refractivity contribution in [2.75, 3.05) is 13.2 Å². The molecule has 0 radical (unpaired) electrons. The van der Waals surface area contributed by atoms with Crippen LogP contribution >= 0.6 is 12.2 Å². The number of nitrogens with zero attached hydrogens (tertiary/aromatic N) is 1. The molecule has 0 aromatic carbocycles. The van der Waals surface area contributed by atoms with E-state index in [1.165, 1.54) is 0 Å². The number of likely N-dealkylation sites (tertiary alicyclic amines) is 1. The minimum absolute atomic E-state index is 0.0263. The summed E-state index contributed by atoms with van der Waals surface area (Å²) in [4.78, 5) is 14.0. The van der Waals surface area contributed by atoms with Gasteiger partial charge in [-0.25, -0.2) is 0 Å². The first-order valence-electron chi connectivity index (χ1n) is 5.32. The van der Waals surface area contributed by atoms with Crippen molar-refractivity contribution in [1.82, 2.24) is 4.90 Å². The predicted molar refractivity (Wildman–Crippen MR) is 62.4 cm³/mol. The molecule has 0 bridgehead atoms. The fourth-order valence-electron chi connectivity index (χ4n) is 2.01. The molecule has 1 amide bonds. The number of aliphatic hydroxyl groups is 1. The molecule has 0 aromatic rings. The number of carbonyl (C=O) groups excluding carboxylic acids is 1. The van der Waals surface area contributed by atoms with Gasteiger partial charge in [0.25, 0.3) is 0 Å². The second-order valence-electron chi connectivity index (χ2n) is 3.87. The molecule has 4 nitrogen and oxygen atoms in total. The van der Waals surface area contributed by atoms with Crippen LogP contribution in [0.2, 0.25) is 0 Å². The molecule has 0 aliphatic carbocycles. The molecule has 2 unspecified atom stereocenters. The molecule has 1 fully saturated rings.